The standard InChI is InChI=1S/C16H15N3O3S/c1-22-14-5-7-15(8-6-14)23(20,21)19-13-4-2-3-12(11-13)16-17-9-10-18-16/h2-11,19H,1H3,(H,17,18). The molecular weight excluding hydrogens is 314 g/mol. The fourth-order valence-electron chi connectivity index (χ4n) is 2.12. The van der Waals surface area contributed by atoms with E-state index < -0.39 is 10.0 Å². The Kier molecular flexibility index (Phi) is 4.03. The van der Waals surface area contributed by atoms with Crippen LogP contribution in [0.2, 0.25) is 0 Å². The van der Waals surface area contributed by atoms with Gasteiger partial charge in [0.1, 0.15) is 11.6 Å². The third kappa shape index (κ3) is 3.35. The first-order chi connectivity index (χ1) is 11.1. The fraction of sp³-hybridized carbons (Fsp3) is 0.0625. The second kappa shape index (κ2) is 6.13. The Morgan fingerprint density at radius 3 is 2.57 bits per heavy atom. The van der Waals surface area contributed by atoms with E-state index in [-0.39, 0.29) is 4.90 Å². The molecule has 23 heavy (non-hydrogen) atoms. The van der Waals surface area contributed by atoms with Gasteiger partial charge in [-0.2, -0.15) is 0 Å². The van der Waals surface area contributed by atoms with Crippen molar-refractivity contribution in [3.63, 3.8) is 0 Å². The molecule has 0 bridgehead atoms. The molecule has 0 amide bonds. The zero-order valence-electron chi connectivity index (χ0n) is 12.4. The van der Waals surface area contributed by atoms with Gasteiger partial charge < -0.3 is 9.72 Å². The van der Waals surface area contributed by atoms with E-state index in [1.807, 2.05) is 6.07 Å². The maximum Gasteiger partial charge on any atom is 0.261 e. The summed E-state index contributed by atoms with van der Waals surface area (Å²) in [5.41, 5.74) is 1.26. The third-order valence-corrected chi connectivity index (χ3v) is 4.65. The van der Waals surface area contributed by atoms with E-state index in [4.69, 9.17) is 4.74 Å². The maximum atomic E-state index is 12.4. The summed E-state index contributed by atoms with van der Waals surface area (Å²) in [7, 11) is -2.13. The van der Waals surface area contributed by atoms with Crippen LogP contribution in [0.25, 0.3) is 11.4 Å². The molecule has 0 spiro atoms. The molecule has 0 aliphatic heterocycles. The maximum absolute atomic E-state index is 12.4. The lowest BCUT2D eigenvalue weighted by Crippen LogP contribution is -2.12. The van der Waals surface area contributed by atoms with E-state index in [9.17, 15) is 8.42 Å². The highest BCUT2D eigenvalue weighted by Crippen LogP contribution is 2.22. The highest BCUT2D eigenvalue weighted by molar-refractivity contribution is 7.92. The van der Waals surface area contributed by atoms with Crippen molar-refractivity contribution in [2.75, 3.05) is 11.8 Å². The number of benzene rings is 2. The minimum Gasteiger partial charge on any atom is -0.497 e. The molecule has 1 aromatic heterocycles. The summed E-state index contributed by atoms with van der Waals surface area (Å²) < 4.78 is 32.4. The minimum absolute atomic E-state index is 0.168. The number of rotatable bonds is 5. The van der Waals surface area contributed by atoms with Crippen LogP contribution in [0.15, 0.2) is 65.8 Å². The molecule has 1 heterocycles. The average Bonchev–Trinajstić information content (AvgIpc) is 3.09. The lowest BCUT2D eigenvalue weighted by molar-refractivity contribution is 0.414. The van der Waals surface area contributed by atoms with Gasteiger partial charge in [-0.15, -0.1) is 0 Å². The molecular formula is C16H15N3O3S. The predicted octanol–water partition coefficient (Wildman–Crippen LogP) is 2.89. The normalized spacial score (nSPS) is 11.2. The van der Waals surface area contributed by atoms with E-state index in [1.54, 1.807) is 42.7 Å². The highest BCUT2D eigenvalue weighted by atomic mass is 32.2. The SMILES string of the molecule is COc1ccc(S(=O)(=O)Nc2cccc(-c3ncc[nH]3)c2)cc1. The Labute approximate surface area is 134 Å². The van der Waals surface area contributed by atoms with E-state index in [2.05, 4.69) is 14.7 Å². The Hall–Kier alpha value is -2.80. The van der Waals surface area contributed by atoms with Crippen molar-refractivity contribution in [3.8, 4) is 17.1 Å². The van der Waals surface area contributed by atoms with Crippen molar-refractivity contribution in [2.24, 2.45) is 0 Å². The fourth-order valence-corrected chi connectivity index (χ4v) is 3.17. The number of hydrogen-bond donors (Lipinski definition) is 2. The van der Waals surface area contributed by atoms with E-state index in [0.29, 0.717) is 17.3 Å². The number of aromatic amines is 1. The Morgan fingerprint density at radius 2 is 1.91 bits per heavy atom. The summed E-state index contributed by atoms with van der Waals surface area (Å²) in [6.07, 6.45) is 3.35. The van der Waals surface area contributed by atoms with Gasteiger partial charge in [0, 0.05) is 23.6 Å². The third-order valence-electron chi connectivity index (χ3n) is 3.26. The number of anilines is 1. The molecule has 0 saturated heterocycles. The molecule has 0 radical (unpaired) electrons. The summed E-state index contributed by atoms with van der Waals surface area (Å²) in [6.45, 7) is 0. The quantitative estimate of drug-likeness (QED) is 0.754. The Bertz CT molecular complexity index is 889. The molecule has 118 valence electrons. The lowest BCUT2D eigenvalue weighted by Gasteiger charge is -2.09. The van der Waals surface area contributed by atoms with Crippen LogP contribution in [0.1, 0.15) is 0 Å². The summed E-state index contributed by atoms with van der Waals surface area (Å²) in [4.78, 5) is 7.31. The molecule has 7 heteroatoms. The van der Waals surface area contributed by atoms with Gasteiger partial charge in [0.05, 0.1) is 12.0 Å². The molecule has 2 aromatic carbocycles. The molecule has 3 rings (SSSR count). The van der Waals surface area contributed by atoms with Crippen LogP contribution < -0.4 is 9.46 Å². The number of imidazole rings is 1. The second-order valence-corrected chi connectivity index (χ2v) is 6.48. The van der Waals surface area contributed by atoms with Crippen LogP contribution in [-0.2, 0) is 10.0 Å². The molecule has 0 atom stereocenters. The van der Waals surface area contributed by atoms with E-state index in [0.717, 1.165) is 5.56 Å². The molecule has 6 nitrogen and oxygen atoms in total. The van der Waals surface area contributed by atoms with Crippen LogP contribution in [0, 0.1) is 0 Å². The van der Waals surface area contributed by atoms with Crippen molar-refractivity contribution in [1.82, 2.24) is 9.97 Å². The van der Waals surface area contributed by atoms with Crippen molar-refractivity contribution < 1.29 is 13.2 Å². The number of ether oxygens (including phenoxy) is 1. The number of nitrogens with one attached hydrogen (secondary N) is 2. The highest BCUT2D eigenvalue weighted by Gasteiger charge is 2.14. The van der Waals surface area contributed by atoms with Crippen LogP contribution in [0.5, 0.6) is 5.75 Å². The van der Waals surface area contributed by atoms with Gasteiger partial charge >= 0.3 is 0 Å². The molecule has 0 aliphatic rings. The van der Waals surface area contributed by atoms with Gasteiger partial charge in [-0.1, -0.05) is 12.1 Å². The van der Waals surface area contributed by atoms with Crippen LogP contribution in [0.4, 0.5) is 5.69 Å². The summed E-state index contributed by atoms with van der Waals surface area (Å²) in [6, 6.07) is 13.2. The topological polar surface area (TPSA) is 84.1 Å². The molecule has 3 aromatic rings. The lowest BCUT2D eigenvalue weighted by atomic mass is 10.2. The van der Waals surface area contributed by atoms with Crippen molar-refractivity contribution >= 4 is 15.7 Å². The van der Waals surface area contributed by atoms with Gasteiger partial charge in [0.15, 0.2) is 0 Å². The number of hydrogen-bond acceptors (Lipinski definition) is 4. The van der Waals surface area contributed by atoms with E-state index in [1.165, 1.54) is 19.2 Å². The van der Waals surface area contributed by atoms with Gasteiger partial charge in [-0.25, -0.2) is 13.4 Å². The number of H-pyrrole nitrogens is 1. The van der Waals surface area contributed by atoms with Crippen molar-refractivity contribution in [2.45, 2.75) is 4.90 Å². The monoisotopic (exact) mass is 329 g/mol. The summed E-state index contributed by atoms with van der Waals surface area (Å²) >= 11 is 0. The molecule has 0 unspecified atom stereocenters. The summed E-state index contributed by atoms with van der Waals surface area (Å²) in [5.74, 6) is 1.28. The number of nitrogens with zero attached hydrogens (tertiary/aromatic N) is 1. The Morgan fingerprint density at radius 1 is 1.13 bits per heavy atom. The smallest absolute Gasteiger partial charge is 0.261 e. The first kappa shape index (κ1) is 15.1. The number of aromatic nitrogens is 2. The minimum atomic E-state index is -3.66. The van der Waals surface area contributed by atoms with Gasteiger partial charge in [0.2, 0.25) is 0 Å². The van der Waals surface area contributed by atoms with Gasteiger partial charge in [-0.3, -0.25) is 4.72 Å². The molecule has 0 fully saturated rings. The number of methoxy groups -OCH3 is 1. The van der Waals surface area contributed by atoms with Crippen molar-refractivity contribution in [3.05, 3.63) is 60.9 Å². The zero-order valence-corrected chi connectivity index (χ0v) is 13.2. The second-order valence-electron chi connectivity index (χ2n) is 4.80. The van der Waals surface area contributed by atoms with E-state index >= 15 is 0 Å². The molecule has 0 saturated carbocycles. The first-order valence-corrected chi connectivity index (χ1v) is 8.33. The number of sulfonamides is 1. The zero-order chi connectivity index (χ0) is 16.3. The molecule has 2 N–H and O–H groups in total. The predicted molar refractivity (Wildman–Crippen MR) is 87.8 cm³/mol. The summed E-state index contributed by atoms with van der Waals surface area (Å²) in [5, 5.41) is 0. The van der Waals surface area contributed by atoms with Gasteiger partial charge in [-0.05, 0) is 36.4 Å². The average molecular weight is 329 g/mol. The van der Waals surface area contributed by atoms with Gasteiger partial charge in [0.25, 0.3) is 10.0 Å². The largest absolute Gasteiger partial charge is 0.497 e. The van der Waals surface area contributed by atoms with Crippen LogP contribution >= 0.6 is 0 Å². The first-order valence-electron chi connectivity index (χ1n) is 6.85. The van der Waals surface area contributed by atoms with Crippen LogP contribution in [-0.4, -0.2) is 25.5 Å². The van der Waals surface area contributed by atoms with Crippen molar-refractivity contribution in [1.29, 1.82) is 0 Å². The van der Waals surface area contributed by atoms with Crippen LogP contribution in [0.3, 0.4) is 0 Å². The Balaban J connectivity index is 1.87. The molecule has 0 aliphatic carbocycles.